The first-order valence-corrected chi connectivity index (χ1v) is 7.58. The molecule has 18 heavy (non-hydrogen) atoms. The van der Waals surface area contributed by atoms with Crippen LogP contribution in [0.3, 0.4) is 0 Å². The molecule has 0 spiro atoms. The minimum Gasteiger partial charge on any atom is -0.324 e. The van der Waals surface area contributed by atoms with Crippen molar-refractivity contribution in [3.05, 3.63) is 28.3 Å². The zero-order valence-electron chi connectivity index (χ0n) is 10.6. The molecular formula is C13H16BrCl2NO. The summed E-state index contributed by atoms with van der Waals surface area (Å²) in [5.74, 6) is -0.302. The van der Waals surface area contributed by atoms with Gasteiger partial charge in [-0.2, -0.15) is 0 Å². The predicted molar refractivity (Wildman–Crippen MR) is 82.1 cm³/mol. The van der Waals surface area contributed by atoms with E-state index < -0.39 is 0 Å². The van der Waals surface area contributed by atoms with Crippen molar-refractivity contribution in [3.63, 3.8) is 0 Å². The molecular weight excluding hydrogens is 337 g/mol. The fourth-order valence-electron chi connectivity index (χ4n) is 1.69. The maximum Gasteiger partial charge on any atom is 0.239 e. The molecule has 1 aromatic carbocycles. The molecule has 0 aliphatic heterocycles. The maximum absolute atomic E-state index is 11.5. The molecule has 0 bridgehead atoms. The molecule has 0 atom stereocenters. The van der Waals surface area contributed by atoms with Gasteiger partial charge in [0.05, 0.1) is 5.69 Å². The van der Waals surface area contributed by atoms with Crippen LogP contribution < -0.4 is 5.32 Å². The number of alkyl halides is 2. The minimum atomic E-state index is -0.230. The van der Waals surface area contributed by atoms with Crippen LogP contribution >= 0.6 is 39.1 Å². The van der Waals surface area contributed by atoms with Crippen molar-refractivity contribution >= 4 is 50.7 Å². The second-order valence-electron chi connectivity index (χ2n) is 5.01. The molecule has 0 heterocycles. The minimum absolute atomic E-state index is 0.0716. The van der Waals surface area contributed by atoms with E-state index in [0.29, 0.717) is 10.4 Å². The molecule has 100 valence electrons. The fraction of sp³-hybridized carbons (Fsp3) is 0.462. The Labute approximate surface area is 126 Å². The summed E-state index contributed by atoms with van der Waals surface area (Å²) in [4.78, 5) is 11.5. The molecule has 0 fully saturated rings. The second-order valence-corrected chi connectivity index (χ2v) is 6.25. The van der Waals surface area contributed by atoms with Crippen molar-refractivity contribution in [2.45, 2.75) is 31.5 Å². The summed E-state index contributed by atoms with van der Waals surface area (Å²) in [6, 6.07) is 3.80. The number of halogens is 3. The number of rotatable bonds is 3. The van der Waals surface area contributed by atoms with E-state index in [4.69, 9.17) is 23.2 Å². The Morgan fingerprint density at radius 3 is 2.44 bits per heavy atom. The topological polar surface area (TPSA) is 29.1 Å². The summed E-state index contributed by atoms with van der Waals surface area (Å²) < 4.78 is 0. The van der Waals surface area contributed by atoms with Crippen LogP contribution in [0.25, 0.3) is 0 Å². The van der Waals surface area contributed by atoms with Crippen LogP contribution in [0.2, 0.25) is 5.02 Å². The third kappa shape index (κ3) is 3.62. The average Bonchev–Trinajstić information content (AvgIpc) is 2.27. The third-order valence-corrected chi connectivity index (χ3v) is 3.74. The van der Waals surface area contributed by atoms with Gasteiger partial charge < -0.3 is 5.32 Å². The van der Waals surface area contributed by atoms with Gasteiger partial charge in [-0.25, -0.2) is 0 Å². The number of anilines is 1. The van der Waals surface area contributed by atoms with Crippen LogP contribution in [-0.2, 0) is 15.5 Å². The average molecular weight is 353 g/mol. The van der Waals surface area contributed by atoms with E-state index in [1.165, 1.54) is 0 Å². The fourth-order valence-corrected chi connectivity index (χ4v) is 2.73. The van der Waals surface area contributed by atoms with Gasteiger partial charge in [-0.1, -0.05) is 54.4 Å². The zero-order chi connectivity index (χ0) is 13.9. The number of amides is 1. The number of nitrogens with one attached hydrogen (secondary N) is 1. The Balaban J connectivity index is 3.39. The summed E-state index contributed by atoms with van der Waals surface area (Å²) in [5, 5.41) is 4.05. The number of hydrogen-bond acceptors (Lipinski definition) is 1. The molecule has 0 aliphatic rings. The summed E-state index contributed by atoms with van der Waals surface area (Å²) >= 11 is 15.1. The van der Waals surface area contributed by atoms with E-state index in [-0.39, 0.29) is 17.2 Å². The number of benzene rings is 1. The van der Waals surface area contributed by atoms with Crippen LogP contribution in [0, 0.1) is 0 Å². The summed E-state index contributed by atoms with van der Waals surface area (Å²) in [7, 11) is 0. The lowest BCUT2D eigenvalue weighted by Gasteiger charge is -2.25. The van der Waals surface area contributed by atoms with E-state index >= 15 is 0 Å². The van der Waals surface area contributed by atoms with Crippen LogP contribution in [0.4, 0.5) is 5.69 Å². The Morgan fingerprint density at radius 2 is 2.00 bits per heavy atom. The first-order valence-electron chi connectivity index (χ1n) is 5.55. The molecule has 1 N–H and O–H groups in total. The van der Waals surface area contributed by atoms with Gasteiger partial charge in [0, 0.05) is 15.9 Å². The molecule has 0 aromatic heterocycles. The Kier molecular flexibility index (Phi) is 5.50. The zero-order valence-corrected chi connectivity index (χ0v) is 13.7. The molecule has 5 heteroatoms. The van der Waals surface area contributed by atoms with Gasteiger partial charge in [-0.05, 0) is 17.0 Å². The Morgan fingerprint density at radius 1 is 1.39 bits per heavy atom. The van der Waals surface area contributed by atoms with Crippen LogP contribution in [-0.4, -0.2) is 11.8 Å². The highest BCUT2D eigenvalue weighted by Crippen LogP contribution is 2.37. The third-order valence-electron chi connectivity index (χ3n) is 2.58. The van der Waals surface area contributed by atoms with E-state index in [2.05, 4.69) is 42.0 Å². The molecule has 0 saturated heterocycles. The lowest BCUT2D eigenvalue weighted by Crippen LogP contribution is -2.20. The highest BCUT2D eigenvalue weighted by atomic mass is 79.9. The van der Waals surface area contributed by atoms with Gasteiger partial charge in [0.2, 0.25) is 5.91 Å². The van der Waals surface area contributed by atoms with E-state index in [1.807, 2.05) is 12.1 Å². The Hall–Kier alpha value is -0.250. The van der Waals surface area contributed by atoms with Gasteiger partial charge in [-0.3, -0.25) is 4.79 Å². The summed E-state index contributed by atoms with van der Waals surface area (Å²) in [5.41, 5.74) is 2.59. The first-order chi connectivity index (χ1) is 8.31. The molecule has 0 saturated carbocycles. The predicted octanol–water partition coefficient (Wildman–Crippen LogP) is 4.71. The van der Waals surface area contributed by atoms with Crippen molar-refractivity contribution in [2.24, 2.45) is 0 Å². The molecule has 1 aromatic rings. The summed E-state index contributed by atoms with van der Waals surface area (Å²) in [6.45, 7) is 6.26. The molecule has 0 radical (unpaired) electrons. The molecule has 0 aliphatic carbocycles. The lowest BCUT2D eigenvalue weighted by molar-refractivity contribution is -0.113. The highest BCUT2D eigenvalue weighted by molar-refractivity contribution is 9.08. The van der Waals surface area contributed by atoms with Crippen molar-refractivity contribution in [2.75, 3.05) is 11.2 Å². The van der Waals surface area contributed by atoms with E-state index in [0.717, 1.165) is 16.8 Å². The Bertz CT molecular complexity index is 455. The van der Waals surface area contributed by atoms with E-state index in [1.54, 1.807) is 0 Å². The number of carbonyl (C=O) groups is 1. The van der Waals surface area contributed by atoms with Gasteiger partial charge in [0.25, 0.3) is 0 Å². The van der Waals surface area contributed by atoms with Gasteiger partial charge in [0.15, 0.2) is 0 Å². The quantitative estimate of drug-likeness (QED) is 0.784. The largest absolute Gasteiger partial charge is 0.324 e. The van der Waals surface area contributed by atoms with Crippen molar-refractivity contribution in [3.8, 4) is 0 Å². The van der Waals surface area contributed by atoms with Gasteiger partial charge in [-0.15, -0.1) is 11.6 Å². The highest BCUT2D eigenvalue weighted by Gasteiger charge is 2.22. The molecule has 1 rings (SSSR count). The van der Waals surface area contributed by atoms with Crippen LogP contribution in [0.15, 0.2) is 12.1 Å². The first kappa shape index (κ1) is 15.8. The van der Waals surface area contributed by atoms with Crippen molar-refractivity contribution < 1.29 is 4.79 Å². The maximum atomic E-state index is 11.5. The lowest BCUT2D eigenvalue weighted by atomic mass is 9.84. The number of hydrogen-bond donors (Lipinski definition) is 1. The molecule has 2 nitrogen and oxygen atoms in total. The molecule has 0 unspecified atom stereocenters. The van der Waals surface area contributed by atoms with Gasteiger partial charge in [0.1, 0.15) is 5.88 Å². The van der Waals surface area contributed by atoms with Crippen LogP contribution in [0.5, 0.6) is 0 Å². The molecule has 1 amide bonds. The van der Waals surface area contributed by atoms with Gasteiger partial charge >= 0.3 is 0 Å². The summed E-state index contributed by atoms with van der Waals surface area (Å²) in [6.07, 6.45) is 0. The smallest absolute Gasteiger partial charge is 0.239 e. The monoisotopic (exact) mass is 351 g/mol. The van der Waals surface area contributed by atoms with Crippen molar-refractivity contribution in [1.29, 1.82) is 0 Å². The normalized spacial score (nSPS) is 11.4. The standard InChI is InChI=1S/C13H16BrCl2NO/c1-13(2,3)9-4-5-10(16)8(6-14)12(9)17-11(18)7-15/h4-5H,6-7H2,1-3H3,(H,17,18). The van der Waals surface area contributed by atoms with Crippen molar-refractivity contribution in [1.82, 2.24) is 0 Å². The van der Waals surface area contributed by atoms with Crippen LogP contribution in [0.1, 0.15) is 31.9 Å². The second kappa shape index (κ2) is 6.27. The van der Waals surface area contributed by atoms with E-state index in [9.17, 15) is 4.79 Å². The SMILES string of the molecule is CC(C)(C)c1ccc(Cl)c(CBr)c1NC(=O)CCl. The number of carbonyl (C=O) groups excluding carboxylic acids is 1.